The van der Waals surface area contributed by atoms with Crippen molar-refractivity contribution in [2.45, 2.75) is 13.8 Å². The average molecular weight is 246 g/mol. The number of hydrogen-bond donors (Lipinski definition) is 2. The van der Waals surface area contributed by atoms with Crippen LogP contribution in [0.2, 0.25) is 0 Å². The fourth-order valence-corrected chi connectivity index (χ4v) is 2.41. The molecule has 0 atom stereocenters. The molecule has 0 aliphatic heterocycles. The van der Waals surface area contributed by atoms with Crippen LogP contribution >= 0.6 is 11.3 Å². The number of aryl methyl sites for hydroxylation is 2. The molecule has 0 spiro atoms. The van der Waals surface area contributed by atoms with Crippen LogP contribution in [0.25, 0.3) is 0 Å². The quantitative estimate of drug-likeness (QED) is 0.799. The van der Waals surface area contributed by atoms with E-state index in [1.807, 2.05) is 32.0 Å². The number of thiophene rings is 1. The maximum absolute atomic E-state index is 12.0. The minimum Gasteiger partial charge on any atom is -0.397 e. The third kappa shape index (κ3) is 2.47. The van der Waals surface area contributed by atoms with Crippen LogP contribution in [0.3, 0.4) is 0 Å². The number of carbonyl (C=O) groups excluding carboxylic acids is 1. The highest BCUT2D eigenvalue weighted by atomic mass is 32.1. The van der Waals surface area contributed by atoms with Crippen LogP contribution in [-0.4, -0.2) is 5.91 Å². The normalized spacial score (nSPS) is 10.2. The van der Waals surface area contributed by atoms with E-state index in [1.165, 1.54) is 11.3 Å². The predicted molar refractivity (Wildman–Crippen MR) is 72.6 cm³/mol. The molecular formula is C13H14N2OS. The van der Waals surface area contributed by atoms with Crippen molar-refractivity contribution in [2.24, 2.45) is 0 Å². The number of benzene rings is 1. The summed E-state index contributed by atoms with van der Waals surface area (Å²) in [6.45, 7) is 4.01. The van der Waals surface area contributed by atoms with Gasteiger partial charge in [0, 0.05) is 4.88 Å². The first kappa shape index (κ1) is 11.7. The molecule has 2 rings (SSSR count). The minimum absolute atomic E-state index is 0.107. The molecule has 0 saturated heterocycles. The van der Waals surface area contributed by atoms with Gasteiger partial charge in [-0.1, -0.05) is 12.1 Å². The average Bonchev–Trinajstić information content (AvgIpc) is 2.63. The summed E-state index contributed by atoms with van der Waals surface area (Å²) in [5, 5.41) is 2.81. The third-order valence-corrected chi connectivity index (χ3v) is 3.75. The van der Waals surface area contributed by atoms with E-state index in [2.05, 4.69) is 5.32 Å². The number of rotatable bonds is 2. The molecule has 3 N–H and O–H groups in total. The summed E-state index contributed by atoms with van der Waals surface area (Å²) in [5.74, 6) is -0.107. The zero-order chi connectivity index (χ0) is 12.4. The molecule has 2 aromatic rings. The molecule has 88 valence electrons. The van der Waals surface area contributed by atoms with Gasteiger partial charge in [-0.3, -0.25) is 4.79 Å². The van der Waals surface area contributed by atoms with Gasteiger partial charge >= 0.3 is 0 Å². The zero-order valence-electron chi connectivity index (χ0n) is 9.78. The van der Waals surface area contributed by atoms with Crippen LogP contribution < -0.4 is 11.1 Å². The van der Waals surface area contributed by atoms with Gasteiger partial charge in [0.2, 0.25) is 0 Å². The van der Waals surface area contributed by atoms with Gasteiger partial charge in [0.15, 0.2) is 0 Å². The Morgan fingerprint density at radius 1 is 1.29 bits per heavy atom. The van der Waals surface area contributed by atoms with Crippen LogP contribution in [0.5, 0.6) is 0 Å². The minimum atomic E-state index is -0.107. The van der Waals surface area contributed by atoms with Crippen molar-refractivity contribution < 1.29 is 4.79 Å². The topological polar surface area (TPSA) is 55.1 Å². The second-order valence-corrected chi connectivity index (χ2v) is 5.15. The van der Waals surface area contributed by atoms with Crippen LogP contribution in [0, 0.1) is 13.8 Å². The lowest BCUT2D eigenvalue weighted by Crippen LogP contribution is -2.11. The Kier molecular flexibility index (Phi) is 3.15. The van der Waals surface area contributed by atoms with Crippen molar-refractivity contribution in [3.05, 3.63) is 45.6 Å². The van der Waals surface area contributed by atoms with Crippen LogP contribution in [-0.2, 0) is 0 Å². The zero-order valence-corrected chi connectivity index (χ0v) is 10.6. The Balaban J connectivity index is 2.20. The van der Waals surface area contributed by atoms with Gasteiger partial charge in [0.05, 0.1) is 16.3 Å². The largest absolute Gasteiger partial charge is 0.397 e. The fourth-order valence-electron chi connectivity index (χ4n) is 1.48. The Morgan fingerprint density at radius 3 is 2.59 bits per heavy atom. The van der Waals surface area contributed by atoms with E-state index < -0.39 is 0 Å². The molecule has 1 aromatic heterocycles. The van der Waals surface area contributed by atoms with E-state index in [4.69, 9.17) is 5.73 Å². The molecule has 4 heteroatoms. The highest BCUT2D eigenvalue weighted by molar-refractivity contribution is 7.14. The van der Waals surface area contributed by atoms with E-state index >= 15 is 0 Å². The molecule has 1 aromatic carbocycles. The van der Waals surface area contributed by atoms with Crippen molar-refractivity contribution in [3.63, 3.8) is 0 Å². The predicted octanol–water partition coefficient (Wildman–Crippen LogP) is 3.20. The van der Waals surface area contributed by atoms with E-state index in [0.29, 0.717) is 16.3 Å². The first-order chi connectivity index (χ1) is 8.08. The molecule has 0 unspecified atom stereocenters. The Hall–Kier alpha value is -1.81. The smallest absolute Gasteiger partial charge is 0.265 e. The lowest BCUT2D eigenvalue weighted by atomic mass is 10.2. The van der Waals surface area contributed by atoms with Crippen molar-refractivity contribution in [3.8, 4) is 0 Å². The van der Waals surface area contributed by atoms with Gasteiger partial charge in [0.25, 0.3) is 5.91 Å². The lowest BCUT2D eigenvalue weighted by molar-refractivity contribution is 0.103. The molecule has 0 saturated carbocycles. The summed E-state index contributed by atoms with van der Waals surface area (Å²) in [7, 11) is 0. The summed E-state index contributed by atoms with van der Waals surface area (Å²) in [4.78, 5) is 13.9. The molecule has 17 heavy (non-hydrogen) atoms. The van der Waals surface area contributed by atoms with Gasteiger partial charge in [-0.15, -0.1) is 11.3 Å². The van der Waals surface area contributed by atoms with Gasteiger partial charge in [-0.25, -0.2) is 0 Å². The van der Waals surface area contributed by atoms with E-state index in [1.54, 1.807) is 12.1 Å². The number of nitrogens with one attached hydrogen (secondary N) is 1. The summed E-state index contributed by atoms with van der Waals surface area (Å²) in [5.41, 5.74) is 8.14. The molecule has 1 heterocycles. The molecular weight excluding hydrogens is 232 g/mol. The van der Waals surface area contributed by atoms with Crippen molar-refractivity contribution in [1.82, 2.24) is 0 Å². The van der Waals surface area contributed by atoms with Crippen molar-refractivity contribution in [2.75, 3.05) is 11.1 Å². The molecule has 3 nitrogen and oxygen atoms in total. The van der Waals surface area contributed by atoms with Crippen molar-refractivity contribution >= 4 is 28.6 Å². The van der Waals surface area contributed by atoms with E-state index in [-0.39, 0.29) is 5.91 Å². The third-order valence-electron chi connectivity index (χ3n) is 2.60. The van der Waals surface area contributed by atoms with E-state index in [9.17, 15) is 4.79 Å². The number of nitrogens with two attached hydrogens (primary N) is 1. The Morgan fingerprint density at radius 2 is 2.00 bits per heavy atom. The molecule has 0 aliphatic carbocycles. The van der Waals surface area contributed by atoms with E-state index in [0.717, 1.165) is 10.4 Å². The SMILES string of the molecule is Cc1cc(C(=O)Nc2ccccc2N)sc1C. The second kappa shape index (κ2) is 4.59. The second-order valence-electron chi connectivity index (χ2n) is 3.89. The molecule has 0 aliphatic rings. The number of para-hydroxylation sites is 2. The summed E-state index contributed by atoms with van der Waals surface area (Å²) >= 11 is 1.49. The number of hydrogen-bond acceptors (Lipinski definition) is 3. The summed E-state index contributed by atoms with van der Waals surface area (Å²) in [6, 6.07) is 9.14. The maximum Gasteiger partial charge on any atom is 0.265 e. The maximum atomic E-state index is 12.0. The first-order valence-electron chi connectivity index (χ1n) is 5.31. The van der Waals surface area contributed by atoms with Gasteiger partial charge < -0.3 is 11.1 Å². The molecule has 0 fully saturated rings. The monoisotopic (exact) mass is 246 g/mol. The van der Waals surface area contributed by atoms with Crippen LogP contribution in [0.1, 0.15) is 20.1 Å². The number of amides is 1. The highest BCUT2D eigenvalue weighted by Gasteiger charge is 2.11. The molecule has 0 radical (unpaired) electrons. The number of carbonyl (C=O) groups is 1. The molecule has 0 bridgehead atoms. The lowest BCUT2D eigenvalue weighted by Gasteiger charge is -2.06. The van der Waals surface area contributed by atoms with Crippen LogP contribution in [0.4, 0.5) is 11.4 Å². The molecule has 1 amide bonds. The van der Waals surface area contributed by atoms with Gasteiger partial charge in [-0.05, 0) is 37.6 Å². The summed E-state index contributed by atoms with van der Waals surface area (Å²) < 4.78 is 0. The fraction of sp³-hybridized carbons (Fsp3) is 0.154. The first-order valence-corrected chi connectivity index (χ1v) is 6.12. The number of anilines is 2. The van der Waals surface area contributed by atoms with Crippen LogP contribution in [0.15, 0.2) is 30.3 Å². The van der Waals surface area contributed by atoms with Gasteiger partial charge in [-0.2, -0.15) is 0 Å². The highest BCUT2D eigenvalue weighted by Crippen LogP contribution is 2.23. The number of nitrogen functional groups attached to an aromatic ring is 1. The Labute approximate surface area is 104 Å². The van der Waals surface area contributed by atoms with Gasteiger partial charge in [0.1, 0.15) is 0 Å². The van der Waals surface area contributed by atoms with Crippen molar-refractivity contribution in [1.29, 1.82) is 0 Å². The summed E-state index contributed by atoms with van der Waals surface area (Å²) in [6.07, 6.45) is 0. The Bertz CT molecular complexity index is 541. The standard InChI is InChI=1S/C13H14N2OS/c1-8-7-12(17-9(8)2)13(16)15-11-6-4-3-5-10(11)14/h3-7H,14H2,1-2H3,(H,15,16).